The second-order valence-electron chi connectivity index (χ2n) is 3.69. The molecule has 0 aliphatic carbocycles. The number of nitrogens with two attached hydrogens (primary N) is 1. The number of amides is 1. The minimum Gasteiger partial charge on any atom is -0.397 e. The molecule has 0 bridgehead atoms. The lowest BCUT2D eigenvalue weighted by atomic mass is 10.2. The topological polar surface area (TPSA) is 80.9 Å². The maximum absolute atomic E-state index is 12.0. The van der Waals surface area contributed by atoms with E-state index in [1.54, 1.807) is 24.4 Å². The van der Waals surface area contributed by atoms with Gasteiger partial charge in [-0.2, -0.15) is 0 Å². The zero-order chi connectivity index (χ0) is 13.1. The van der Waals surface area contributed by atoms with Crippen molar-refractivity contribution in [3.63, 3.8) is 0 Å². The molecule has 1 amide bonds. The number of rotatable bonds is 2. The lowest BCUT2D eigenvalue weighted by molar-refractivity contribution is 0.102. The summed E-state index contributed by atoms with van der Waals surface area (Å²) in [6.07, 6.45) is 3.07. The molecule has 0 aliphatic rings. The van der Waals surface area contributed by atoms with Crippen LogP contribution in [0.1, 0.15) is 16.1 Å². The van der Waals surface area contributed by atoms with Gasteiger partial charge in [0.05, 0.1) is 11.4 Å². The van der Waals surface area contributed by atoms with Gasteiger partial charge in [0.15, 0.2) is 10.8 Å². The van der Waals surface area contributed by atoms with Crippen LogP contribution in [0.15, 0.2) is 30.6 Å². The summed E-state index contributed by atoms with van der Waals surface area (Å²) >= 11 is 5.92. The quantitative estimate of drug-likeness (QED) is 0.814. The van der Waals surface area contributed by atoms with Crippen molar-refractivity contribution in [1.29, 1.82) is 0 Å². The number of aromatic nitrogens is 2. The molecule has 0 saturated carbocycles. The molecule has 0 saturated heterocycles. The molecule has 2 aromatic heterocycles. The highest BCUT2D eigenvalue weighted by Gasteiger charge is 2.14. The van der Waals surface area contributed by atoms with E-state index in [1.807, 2.05) is 6.92 Å². The van der Waals surface area contributed by atoms with E-state index in [1.165, 1.54) is 6.20 Å². The van der Waals surface area contributed by atoms with Crippen LogP contribution in [0, 0.1) is 6.92 Å². The van der Waals surface area contributed by atoms with Crippen molar-refractivity contribution < 1.29 is 4.79 Å². The van der Waals surface area contributed by atoms with Crippen LogP contribution in [0.2, 0.25) is 5.15 Å². The summed E-state index contributed by atoms with van der Waals surface area (Å²) in [5.41, 5.74) is 7.44. The van der Waals surface area contributed by atoms with Crippen molar-refractivity contribution in [2.45, 2.75) is 6.92 Å². The molecule has 0 aliphatic heterocycles. The molecule has 0 atom stereocenters. The Bertz CT molecular complexity index is 580. The van der Waals surface area contributed by atoms with Gasteiger partial charge < -0.3 is 11.1 Å². The zero-order valence-electron chi connectivity index (χ0n) is 9.64. The van der Waals surface area contributed by atoms with Crippen LogP contribution in [-0.2, 0) is 0 Å². The van der Waals surface area contributed by atoms with Gasteiger partial charge in [0, 0.05) is 12.4 Å². The monoisotopic (exact) mass is 262 g/mol. The lowest BCUT2D eigenvalue weighted by Gasteiger charge is -2.09. The molecule has 18 heavy (non-hydrogen) atoms. The van der Waals surface area contributed by atoms with Crippen LogP contribution in [-0.4, -0.2) is 15.9 Å². The molecule has 5 nitrogen and oxygen atoms in total. The molecular weight excluding hydrogens is 252 g/mol. The number of nitrogens with one attached hydrogen (secondary N) is 1. The van der Waals surface area contributed by atoms with Gasteiger partial charge >= 0.3 is 0 Å². The van der Waals surface area contributed by atoms with Crippen LogP contribution >= 0.6 is 11.6 Å². The number of anilines is 2. The van der Waals surface area contributed by atoms with Crippen LogP contribution in [0.3, 0.4) is 0 Å². The second kappa shape index (κ2) is 5.01. The number of carbonyl (C=O) groups excluding carboxylic acids is 1. The second-order valence-corrected chi connectivity index (χ2v) is 4.05. The summed E-state index contributed by atoms with van der Waals surface area (Å²) in [4.78, 5) is 19.8. The van der Waals surface area contributed by atoms with Gasteiger partial charge in [0.2, 0.25) is 0 Å². The van der Waals surface area contributed by atoms with Crippen LogP contribution in [0.5, 0.6) is 0 Å². The number of carbonyl (C=O) groups is 1. The van der Waals surface area contributed by atoms with Gasteiger partial charge in [-0.1, -0.05) is 11.6 Å². The molecule has 0 radical (unpaired) electrons. The van der Waals surface area contributed by atoms with Crippen LogP contribution in [0.25, 0.3) is 0 Å². The molecule has 2 heterocycles. The molecule has 2 rings (SSSR count). The molecule has 0 unspecified atom stereocenters. The first-order chi connectivity index (χ1) is 8.59. The van der Waals surface area contributed by atoms with Gasteiger partial charge in [0.1, 0.15) is 0 Å². The van der Waals surface area contributed by atoms with Crippen molar-refractivity contribution in [1.82, 2.24) is 9.97 Å². The van der Waals surface area contributed by atoms with Crippen molar-refractivity contribution in [2.24, 2.45) is 0 Å². The first kappa shape index (κ1) is 12.3. The third-order valence-corrected chi connectivity index (χ3v) is 2.69. The number of pyridine rings is 2. The predicted molar refractivity (Wildman–Crippen MR) is 70.6 cm³/mol. The Morgan fingerprint density at radius 2 is 2.11 bits per heavy atom. The van der Waals surface area contributed by atoms with E-state index in [2.05, 4.69) is 15.3 Å². The van der Waals surface area contributed by atoms with Crippen LogP contribution in [0.4, 0.5) is 11.4 Å². The average molecular weight is 263 g/mol. The Labute approximate surface area is 109 Å². The van der Waals surface area contributed by atoms with Gasteiger partial charge in [-0.05, 0) is 30.7 Å². The number of nitrogen functional groups attached to an aromatic ring is 1. The molecule has 0 fully saturated rings. The fourth-order valence-corrected chi connectivity index (χ4v) is 1.71. The predicted octanol–water partition coefficient (Wildman–Crippen LogP) is 2.27. The molecule has 0 aromatic carbocycles. The minimum atomic E-state index is -0.411. The van der Waals surface area contributed by atoms with Crippen molar-refractivity contribution in [2.75, 3.05) is 11.1 Å². The van der Waals surface area contributed by atoms with Crippen LogP contribution < -0.4 is 11.1 Å². The third kappa shape index (κ3) is 2.41. The molecule has 2 aromatic rings. The van der Waals surface area contributed by atoms with E-state index in [0.29, 0.717) is 11.4 Å². The lowest BCUT2D eigenvalue weighted by Crippen LogP contribution is -2.16. The SMILES string of the molecule is Cc1ccnc(Cl)c1NC(=O)c1ncccc1N. The Morgan fingerprint density at radius 1 is 1.33 bits per heavy atom. The average Bonchev–Trinajstić information content (AvgIpc) is 2.34. The third-order valence-electron chi connectivity index (χ3n) is 2.41. The normalized spacial score (nSPS) is 10.1. The van der Waals surface area contributed by atoms with E-state index < -0.39 is 5.91 Å². The number of hydrogen-bond donors (Lipinski definition) is 2. The highest BCUT2D eigenvalue weighted by atomic mass is 35.5. The van der Waals surface area contributed by atoms with E-state index in [0.717, 1.165) is 5.56 Å². The summed E-state index contributed by atoms with van der Waals surface area (Å²) in [7, 11) is 0. The van der Waals surface area contributed by atoms with E-state index in [4.69, 9.17) is 17.3 Å². The number of nitrogens with zero attached hydrogens (tertiary/aromatic N) is 2. The minimum absolute atomic E-state index is 0.164. The molecule has 92 valence electrons. The highest BCUT2D eigenvalue weighted by molar-refractivity contribution is 6.32. The van der Waals surface area contributed by atoms with E-state index in [-0.39, 0.29) is 10.8 Å². The fourth-order valence-electron chi connectivity index (χ4n) is 1.46. The van der Waals surface area contributed by atoms with E-state index in [9.17, 15) is 4.79 Å². The first-order valence-electron chi connectivity index (χ1n) is 5.22. The Morgan fingerprint density at radius 3 is 2.78 bits per heavy atom. The van der Waals surface area contributed by atoms with Crippen molar-refractivity contribution >= 4 is 28.9 Å². The Hall–Kier alpha value is -2.14. The van der Waals surface area contributed by atoms with Crippen molar-refractivity contribution in [3.05, 3.63) is 47.0 Å². The Kier molecular flexibility index (Phi) is 3.43. The first-order valence-corrected chi connectivity index (χ1v) is 5.60. The maximum Gasteiger partial charge on any atom is 0.276 e. The van der Waals surface area contributed by atoms with Crippen molar-refractivity contribution in [3.8, 4) is 0 Å². The summed E-state index contributed by atoms with van der Waals surface area (Å²) in [5, 5.41) is 2.89. The number of aryl methyl sites for hydroxylation is 1. The fraction of sp³-hybridized carbons (Fsp3) is 0.0833. The summed E-state index contributed by atoms with van der Waals surface area (Å²) < 4.78 is 0. The van der Waals surface area contributed by atoms with Gasteiger partial charge in [0.25, 0.3) is 5.91 Å². The number of halogens is 1. The smallest absolute Gasteiger partial charge is 0.276 e. The Balaban J connectivity index is 2.30. The summed E-state index contributed by atoms with van der Waals surface area (Å²) in [6, 6.07) is 5.03. The molecule has 3 N–H and O–H groups in total. The van der Waals surface area contributed by atoms with E-state index >= 15 is 0 Å². The summed E-state index contributed by atoms with van der Waals surface area (Å²) in [6.45, 7) is 1.82. The van der Waals surface area contributed by atoms with Gasteiger partial charge in [-0.15, -0.1) is 0 Å². The van der Waals surface area contributed by atoms with Gasteiger partial charge in [-0.25, -0.2) is 9.97 Å². The maximum atomic E-state index is 12.0. The van der Waals surface area contributed by atoms with Gasteiger partial charge in [-0.3, -0.25) is 4.79 Å². The standard InChI is InChI=1S/C12H11ClN4O/c1-7-4-6-16-11(13)9(7)17-12(18)10-8(14)3-2-5-15-10/h2-6H,14H2,1H3,(H,17,18). The molecule has 6 heteroatoms. The zero-order valence-corrected chi connectivity index (χ0v) is 10.4. The largest absolute Gasteiger partial charge is 0.397 e. The highest BCUT2D eigenvalue weighted by Crippen LogP contribution is 2.23. The summed E-state index contributed by atoms with van der Waals surface area (Å²) in [5.74, 6) is -0.411. The molecular formula is C12H11ClN4O. The number of hydrogen-bond acceptors (Lipinski definition) is 4. The molecule has 0 spiro atoms.